The van der Waals surface area contributed by atoms with E-state index in [9.17, 15) is 9.90 Å². The van der Waals surface area contributed by atoms with Gasteiger partial charge in [0, 0.05) is 38.0 Å². The second-order valence-electron chi connectivity index (χ2n) is 15.7. The number of ether oxygens (including phenoxy) is 1. The zero-order chi connectivity index (χ0) is 34.7. The van der Waals surface area contributed by atoms with Gasteiger partial charge in [0.05, 0.1) is 5.76 Å². The Balaban J connectivity index is 0.000000334. The van der Waals surface area contributed by atoms with E-state index in [-0.39, 0.29) is 48.9 Å². The zero-order valence-corrected chi connectivity index (χ0v) is 35.6. The van der Waals surface area contributed by atoms with Crippen molar-refractivity contribution in [3.05, 3.63) is 77.2 Å². The van der Waals surface area contributed by atoms with Gasteiger partial charge in [-0.1, -0.05) is 27.7 Å². The Kier molecular flexibility index (Phi) is 13.7. The van der Waals surface area contributed by atoms with Crippen LogP contribution in [0.5, 0.6) is 11.5 Å². The van der Waals surface area contributed by atoms with Crippen molar-refractivity contribution >= 4 is 40.6 Å². The number of nitrogens with zero attached hydrogens (tertiary/aromatic N) is 1. The number of hydrogen-bond donors (Lipinski definition) is 1. The Bertz CT molecular complexity index is 1770. The van der Waals surface area contributed by atoms with Gasteiger partial charge in [0.1, 0.15) is 0 Å². The maximum Gasteiger partial charge on any atom is 0 e. The van der Waals surface area contributed by atoms with Crippen LogP contribution in [0.15, 0.2) is 54.4 Å². The van der Waals surface area contributed by atoms with Crippen molar-refractivity contribution in [1.82, 2.24) is 4.98 Å². The van der Waals surface area contributed by atoms with Crippen LogP contribution in [0, 0.1) is 30.2 Å². The molecule has 0 saturated carbocycles. The smallest absolute Gasteiger partial charge is 0 e. The van der Waals surface area contributed by atoms with Gasteiger partial charge in [0.15, 0.2) is 5.78 Å². The van der Waals surface area contributed by atoms with Crippen molar-refractivity contribution in [2.24, 2.45) is 17.3 Å². The van der Waals surface area contributed by atoms with E-state index in [1.165, 1.54) is 28.0 Å². The first-order valence-electron chi connectivity index (χ1n) is 17.6. The molecule has 1 aromatic heterocycles. The molecule has 0 bridgehead atoms. The number of aliphatic hydroxyl groups is 1. The van der Waals surface area contributed by atoms with Crippen LogP contribution in [0.25, 0.3) is 32.8 Å². The number of hydrogen-bond acceptors (Lipinski definition) is 4. The number of carbonyl (C=O) groups excluding carboxylic acids is 1. The van der Waals surface area contributed by atoms with Gasteiger partial charge in [-0.2, -0.15) is 0 Å². The van der Waals surface area contributed by atoms with Gasteiger partial charge in [0.25, 0.3) is 0 Å². The predicted octanol–water partition coefficient (Wildman–Crippen LogP) is 12.1. The van der Waals surface area contributed by atoms with E-state index in [0.717, 1.165) is 76.4 Å². The van der Waals surface area contributed by atoms with Gasteiger partial charge in [-0.05, 0) is 25.7 Å². The molecule has 5 rings (SSSR count). The zero-order valence-electron chi connectivity index (χ0n) is 31.1. The largest absolute Gasteiger partial charge is 0 e. The van der Waals surface area contributed by atoms with Crippen LogP contribution < -0.4 is 4.74 Å². The van der Waals surface area contributed by atoms with E-state index in [4.69, 9.17) is 9.72 Å². The van der Waals surface area contributed by atoms with Gasteiger partial charge >= 0.3 is 195 Å². The molecule has 4 aromatic rings. The number of pyridine rings is 1. The average Bonchev–Trinajstić information content (AvgIpc) is 2.99. The van der Waals surface area contributed by atoms with Gasteiger partial charge in [-0.25, -0.2) is 0 Å². The molecule has 2 heterocycles. The minimum Gasteiger partial charge on any atom is 0 e. The Morgan fingerprint density at radius 2 is 1.60 bits per heavy atom. The van der Waals surface area contributed by atoms with E-state index in [1.54, 1.807) is 0 Å². The molecule has 0 amide bonds. The molecule has 1 N–H and O–H groups in total. The van der Waals surface area contributed by atoms with Crippen LogP contribution in [-0.2, 0) is 36.6 Å². The summed E-state index contributed by atoms with van der Waals surface area (Å²) in [5, 5.41) is 15.7. The molecular weight excluding hydrogens is 831 g/mol. The fourth-order valence-electron chi connectivity index (χ4n) is 6.75. The first-order chi connectivity index (χ1) is 22.1. The molecule has 0 saturated heterocycles. The average molecular weight is 888 g/mol. The predicted molar refractivity (Wildman–Crippen MR) is 202 cm³/mol. The molecule has 0 aliphatic carbocycles. The van der Waals surface area contributed by atoms with Crippen LogP contribution in [0.4, 0.5) is 0 Å². The minimum atomic E-state index is -1.83. The minimum absolute atomic E-state index is 0. The number of allylic oxidation sites excluding steroid dienone is 2. The van der Waals surface area contributed by atoms with E-state index < -0.39 is 13.3 Å². The first kappa shape index (κ1) is 40.0. The van der Waals surface area contributed by atoms with Crippen LogP contribution >= 0.6 is 0 Å². The molecule has 48 heavy (non-hydrogen) atoms. The maximum absolute atomic E-state index is 11.7. The van der Waals surface area contributed by atoms with Gasteiger partial charge in [-0.15, -0.1) is 0 Å². The summed E-state index contributed by atoms with van der Waals surface area (Å²) in [5.74, 6) is 9.82. The van der Waals surface area contributed by atoms with Crippen molar-refractivity contribution in [3.8, 4) is 22.8 Å². The van der Waals surface area contributed by atoms with Gasteiger partial charge in [-0.3, -0.25) is 4.79 Å². The fourth-order valence-corrected chi connectivity index (χ4v) is 9.74. The standard InChI is InChI=1S/C29H32GeNO.C13H24O2.Ir/c1-18-22-11-9-8-10-20(22)14-24-27-26-23(21(17-31-27)16-30(5,6)7)12-19(15-29(2,3)4)13-25(26)32-28(18)24;1-5-10(6-2)12(14)9-13(15)11(7-3)8-4;/h8-13,17H,15-16H2,1-7H3;9-11,14H,5-8H2,1-4H3;/q-1;;/b;12-9-;. The van der Waals surface area contributed by atoms with Gasteiger partial charge < -0.3 is 5.11 Å². The molecule has 1 radical (unpaired) electrons. The van der Waals surface area contributed by atoms with Crippen molar-refractivity contribution < 1.29 is 34.7 Å². The summed E-state index contributed by atoms with van der Waals surface area (Å²) in [5.41, 5.74) is 6.09. The number of rotatable bonds is 10. The Morgan fingerprint density at radius 1 is 0.979 bits per heavy atom. The number of carbonyl (C=O) groups is 1. The summed E-state index contributed by atoms with van der Waals surface area (Å²) >= 11 is -1.83. The normalized spacial score (nSPS) is 12.8. The number of aromatic nitrogens is 1. The topological polar surface area (TPSA) is 59.4 Å². The molecule has 1 aliphatic heterocycles. The summed E-state index contributed by atoms with van der Waals surface area (Å²) in [7, 11) is 0. The van der Waals surface area contributed by atoms with E-state index in [0.29, 0.717) is 0 Å². The van der Waals surface area contributed by atoms with Crippen molar-refractivity contribution in [2.75, 3.05) is 0 Å². The molecule has 6 heteroatoms. The van der Waals surface area contributed by atoms with Crippen LogP contribution in [0.3, 0.4) is 0 Å². The third-order valence-corrected chi connectivity index (χ3v) is 12.3. The molecule has 0 spiro atoms. The number of ketones is 1. The molecule has 3 aromatic carbocycles. The summed E-state index contributed by atoms with van der Waals surface area (Å²) < 4.78 is 6.67. The first-order valence-corrected chi connectivity index (χ1v) is 25.4. The second-order valence-corrected chi connectivity index (χ2v) is 27.2. The monoisotopic (exact) mass is 889 g/mol. The molecule has 4 nitrogen and oxygen atoms in total. The molecule has 0 fully saturated rings. The quantitative estimate of drug-likeness (QED) is 0.0657. The molecule has 1 aliphatic rings. The van der Waals surface area contributed by atoms with Crippen LogP contribution in [-0.4, -0.2) is 29.1 Å². The maximum atomic E-state index is 11.7. The summed E-state index contributed by atoms with van der Waals surface area (Å²) in [4.78, 5) is 16.7. The van der Waals surface area contributed by atoms with E-state index in [2.05, 4.69) is 93.6 Å². The number of benzene rings is 3. The SMILES string of the molecule is CCC(CC)C(=O)/C=C(\O)C(CC)CC.Cc1c2c([c-]c3ccccc13)-c1ncc([CH2][Ge]([CH3])([CH3])[CH3])c3cc(CC(C)(C)C)cc(c13)O2.[Ir]. The second kappa shape index (κ2) is 16.5. The number of aryl methyl sites for hydroxylation is 1. The van der Waals surface area contributed by atoms with Gasteiger partial charge in [0.2, 0.25) is 0 Å². The third-order valence-electron chi connectivity index (χ3n) is 9.24. The molecule has 0 atom stereocenters. The third kappa shape index (κ3) is 9.40. The van der Waals surface area contributed by atoms with Crippen LogP contribution in [0.1, 0.15) is 90.8 Å². The molecular formula is C42H56GeIrNO3-. The number of fused-ring (bicyclic) bond motifs is 3. The summed E-state index contributed by atoms with van der Waals surface area (Å²) in [6.45, 7) is 17.1. The van der Waals surface area contributed by atoms with Crippen molar-refractivity contribution in [2.45, 2.75) is 110 Å². The van der Waals surface area contributed by atoms with Crippen LogP contribution in [0.2, 0.25) is 17.3 Å². The van der Waals surface area contributed by atoms with E-state index >= 15 is 0 Å². The number of aliphatic hydroxyl groups excluding tert-OH is 1. The summed E-state index contributed by atoms with van der Waals surface area (Å²) in [6, 6.07) is 16.7. The molecule has 0 unspecified atom stereocenters. The fraction of sp³-hybridized carbons (Fsp3) is 0.476. The molecule has 261 valence electrons. The summed E-state index contributed by atoms with van der Waals surface area (Å²) in [6.07, 6.45) is 8.05. The Labute approximate surface area is 305 Å². The van der Waals surface area contributed by atoms with Crippen molar-refractivity contribution in [1.29, 1.82) is 0 Å². The Hall–Kier alpha value is -2.47. The Morgan fingerprint density at radius 3 is 2.19 bits per heavy atom. The van der Waals surface area contributed by atoms with Crippen molar-refractivity contribution in [3.63, 3.8) is 0 Å². The van der Waals surface area contributed by atoms with E-state index in [1.807, 2.05) is 27.7 Å².